The normalized spacial score (nSPS) is 12.3. The minimum absolute atomic E-state index is 0.0516. The standard InChI is InChI=1S/C25H22F3N3/c1-24(2,3)17-11-7-15(8-12-17)19-5-4-6-20-21(19)22(29)31-23(30-20)16-9-13-18(14-10-16)25(26,27)28/h4-14H,1-3H3,(H2,29,30,31). The van der Waals surface area contributed by atoms with E-state index in [4.69, 9.17) is 5.73 Å². The molecule has 0 aliphatic rings. The van der Waals surface area contributed by atoms with Crippen molar-refractivity contribution >= 4 is 16.7 Å². The average molecular weight is 421 g/mol. The van der Waals surface area contributed by atoms with Crippen molar-refractivity contribution in [1.29, 1.82) is 0 Å². The third-order valence-electron chi connectivity index (χ3n) is 5.28. The fourth-order valence-corrected chi connectivity index (χ4v) is 3.54. The molecule has 0 atom stereocenters. The zero-order valence-electron chi connectivity index (χ0n) is 17.5. The fraction of sp³-hybridized carbons (Fsp3) is 0.200. The molecular formula is C25H22F3N3. The molecule has 3 nitrogen and oxygen atoms in total. The molecule has 0 spiro atoms. The summed E-state index contributed by atoms with van der Waals surface area (Å²) in [5.74, 6) is 0.578. The van der Waals surface area contributed by atoms with Crippen LogP contribution in [0.25, 0.3) is 33.4 Å². The molecule has 2 N–H and O–H groups in total. The van der Waals surface area contributed by atoms with Gasteiger partial charge in [0.05, 0.1) is 16.5 Å². The maximum atomic E-state index is 12.8. The summed E-state index contributed by atoms with van der Waals surface area (Å²) in [6.07, 6.45) is -4.39. The molecule has 3 aromatic carbocycles. The zero-order chi connectivity index (χ0) is 22.4. The highest BCUT2D eigenvalue weighted by molar-refractivity contribution is 6.01. The van der Waals surface area contributed by atoms with E-state index in [0.29, 0.717) is 16.9 Å². The molecular weight excluding hydrogens is 399 g/mol. The van der Waals surface area contributed by atoms with Crippen LogP contribution in [0.1, 0.15) is 31.9 Å². The molecule has 4 rings (SSSR count). The minimum Gasteiger partial charge on any atom is -0.383 e. The summed E-state index contributed by atoms with van der Waals surface area (Å²) < 4.78 is 38.5. The predicted octanol–water partition coefficient (Wildman–Crippen LogP) is 6.86. The van der Waals surface area contributed by atoms with Crippen LogP contribution >= 0.6 is 0 Å². The van der Waals surface area contributed by atoms with Gasteiger partial charge >= 0.3 is 6.18 Å². The second-order valence-electron chi connectivity index (χ2n) is 8.53. The second kappa shape index (κ2) is 7.38. The summed E-state index contributed by atoms with van der Waals surface area (Å²) in [5, 5.41) is 0.724. The number of halogens is 3. The van der Waals surface area contributed by atoms with Gasteiger partial charge in [-0.2, -0.15) is 13.2 Å². The third-order valence-corrected chi connectivity index (χ3v) is 5.28. The molecule has 1 aromatic heterocycles. The van der Waals surface area contributed by atoms with Gasteiger partial charge < -0.3 is 5.73 Å². The van der Waals surface area contributed by atoms with Crippen molar-refractivity contribution in [3.63, 3.8) is 0 Å². The Labute approximate surface area is 178 Å². The molecule has 31 heavy (non-hydrogen) atoms. The number of fused-ring (bicyclic) bond motifs is 1. The van der Waals surface area contributed by atoms with E-state index in [-0.39, 0.29) is 11.2 Å². The molecule has 0 amide bonds. The van der Waals surface area contributed by atoms with Gasteiger partial charge in [-0.15, -0.1) is 0 Å². The minimum atomic E-state index is -4.39. The summed E-state index contributed by atoms with van der Waals surface area (Å²) in [6.45, 7) is 6.48. The number of hydrogen-bond acceptors (Lipinski definition) is 3. The van der Waals surface area contributed by atoms with E-state index in [2.05, 4.69) is 55.0 Å². The number of hydrogen-bond donors (Lipinski definition) is 1. The van der Waals surface area contributed by atoms with Crippen LogP contribution in [-0.2, 0) is 11.6 Å². The molecule has 6 heteroatoms. The lowest BCUT2D eigenvalue weighted by molar-refractivity contribution is -0.137. The first kappa shape index (κ1) is 20.8. The smallest absolute Gasteiger partial charge is 0.383 e. The zero-order valence-corrected chi connectivity index (χ0v) is 17.5. The molecule has 0 radical (unpaired) electrons. The van der Waals surface area contributed by atoms with E-state index in [1.165, 1.54) is 17.7 Å². The molecule has 0 saturated heterocycles. The van der Waals surface area contributed by atoms with Crippen LogP contribution < -0.4 is 5.73 Å². The molecule has 0 bridgehead atoms. The van der Waals surface area contributed by atoms with E-state index in [9.17, 15) is 13.2 Å². The molecule has 158 valence electrons. The first-order valence-corrected chi connectivity index (χ1v) is 9.89. The fourth-order valence-electron chi connectivity index (χ4n) is 3.54. The Kier molecular flexibility index (Phi) is 4.96. The van der Waals surface area contributed by atoms with Crippen LogP contribution in [0.2, 0.25) is 0 Å². The Balaban J connectivity index is 1.78. The lowest BCUT2D eigenvalue weighted by Gasteiger charge is -2.19. The van der Waals surface area contributed by atoms with Gasteiger partial charge in [0.2, 0.25) is 0 Å². The number of benzene rings is 3. The number of nitrogens with two attached hydrogens (primary N) is 1. The number of aromatic nitrogens is 2. The molecule has 1 heterocycles. The largest absolute Gasteiger partial charge is 0.416 e. The average Bonchev–Trinajstić information content (AvgIpc) is 2.72. The van der Waals surface area contributed by atoms with Gasteiger partial charge in [-0.05, 0) is 40.3 Å². The second-order valence-corrected chi connectivity index (χ2v) is 8.53. The third kappa shape index (κ3) is 4.10. The van der Waals surface area contributed by atoms with Crippen molar-refractivity contribution in [2.24, 2.45) is 0 Å². The molecule has 0 unspecified atom stereocenters. The Hall–Kier alpha value is -3.41. The van der Waals surface area contributed by atoms with Crippen LogP contribution in [0.4, 0.5) is 19.0 Å². The first-order chi connectivity index (χ1) is 14.5. The highest BCUT2D eigenvalue weighted by Gasteiger charge is 2.30. The molecule has 0 fully saturated rings. The van der Waals surface area contributed by atoms with Gasteiger partial charge in [0.25, 0.3) is 0 Å². The number of anilines is 1. The summed E-state index contributed by atoms with van der Waals surface area (Å²) in [6, 6.07) is 18.7. The Bertz CT molecular complexity index is 1240. The van der Waals surface area contributed by atoms with Crippen molar-refractivity contribution in [2.75, 3.05) is 5.73 Å². The molecule has 0 aliphatic heterocycles. The van der Waals surface area contributed by atoms with Crippen LogP contribution in [0, 0.1) is 0 Å². The highest BCUT2D eigenvalue weighted by atomic mass is 19.4. The molecule has 0 aliphatic carbocycles. The van der Waals surface area contributed by atoms with Crippen molar-refractivity contribution in [2.45, 2.75) is 32.4 Å². The van der Waals surface area contributed by atoms with Crippen molar-refractivity contribution < 1.29 is 13.2 Å². The molecule has 4 aromatic rings. The summed E-state index contributed by atoms with van der Waals surface area (Å²) in [7, 11) is 0. The number of nitrogen functional groups attached to an aromatic ring is 1. The van der Waals surface area contributed by atoms with E-state index in [1.54, 1.807) is 0 Å². The van der Waals surface area contributed by atoms with Crippen LogP contribution in [0.5, 0.6) is 0 Å². The lowest BCUT2D eigenvalue weighted by Crippen LogP contribution is -2.10. The van der Waals surface area contributed by atoms with E-state index in [1.807, 2.05) is 18.2 Å². The van der Waals surface area contributed by atoms with Crippen molar-refractivity contribution in [1.82, 2.24) is 9.97 Å². The van der Waals surface area contributed by atoms with Gasteiger partial charge in [0.15, 0.2) is 5.82 Å². The van der Waals surface area contributed by atoms with E-state index < -0.39 is 11.7 Å². The number of alkyl halides is 3. The quantitative estimate of drug-likeness (QED) is 0.385. The SMILES string of the molecule is CC(C)(C)c1ccc(-c2cccc3nc(-c4ccc(C(F)(F)F)cc4)nc(N)c23)cc1. The van der Waals surface area contributed by atoms with Crippen LogP contribution in [0.15, 0.2) is 66.7 Å². The monoisotopic (exact) mass is 421 g/mol. The Morgan fingerprint density at radius 2 is 1.29 bits per heavy atom. The van der Waals surface area contributed by atoms with E-state index in [0.717, 1.165) is 28.6 Å². The summed E-state index contributed by atoms with van der Waals surface area (Å²) in [5.41, 5.74) is 9.88. The topological polar surface area (TPSA) is 51.8 Å². The van der Waals surface area contributed by atoms with Crippen molar-refractivity contribution in [3.05, 3.63) is 77.9 Å². The van der Waals surface area contributed by atoms with Crippen molar-refractivity contribution in [3.8, 4) is 22.5 Å². The molecule has 0 saturated carbocycles. The van der Waals surface area contributed by atoms with Crippen LogP contribution in [-0.4, -0.2) is 9.97 Å². The highest BCUT2D eigenvalue weighted by Crippen LogP contribution is 2.35. The van der Waals surface area contributed by atoms with Gasteiger partial charge in [-0.3, -0.25) is 0 Å². The first-order valence-electron chi connectivity index (χ1n) is 9.89. The Morgan fingerprint density at radius 1 is 0.710 bits per heavy atom. The predicted molar refractivity (Wildman–Crippen MR) is 119 cm³/mol. The maximum absolute atomic E-state index is 12.8. The van der Waals surface area contributed by atoms with E-state index >= 15 is 0 Å². The lowest BCUT2D eigenvalue weighted by atomic mass is 9.86. The number of nitrogens with zero attached hydrogens (tertiary/aromatic N) is 2. The van der Waals surface area contributed by atoms with Gasteiger partial charge in [-0.25, -0.2) is 9.97 Å². The van der Waals surface area contributed by atoms with Gasteiger partial charge in [0, 0.05) is 5.56 Å². The Morgan fingerprint density at radius 3 is 1.87 bits per heavy atom. The number of rotatable bonds is 2. The van der Waals surface area contributed by atoms with Gasteiger partial charge in [-0.1, -0.05) is 69.3 Å². The summed E-state index contributed by atoms with van der Waals surface area (Å²) >= 11 is 0. The maximum Gasteiger partial charge on any atom is 0.416 e. The summed E-state index contributed by atoms with van der Waals surface area (Å²) in [4.78, 5) is 8.96. The van der Waals surface area contributed by atoms with Gasteiger partial charge in [0.1, 0.15) is 5.82 Å². The van der Waals surface area contributed by atoms with Crippen LogP contribution in [0.3, 0.4) is 0 Å².